The van der Waals surface area contributed by atoms with E-state index in [4.69, 9.17) is 5.73 Å². The summed E-state index contributed by atoms with van der Waals surface area (Å²) >= 11 is 0. The molecular formula is C14H19N5O2. The monoisotopic (exact) mass is 289 g/mol. The molecule has 2 rings (SSSR count). The number of carbonyl (C=O) groups excluding carboxylic acids is 1. The zero-order valence-electron chi connectivity index (χ0n) is 12.1. The maximum Gasteiger partial charge on any atom is 0.258 e. The van der Waals surface area contributed by atoms with E-state index in [9.17, 15) is 9.59 Å². The van der Waals surface area contributed by atoms with E-state index in [2.05, 4.69) is 15.3 Å². The summed E-state index contributed by atoms with van der Waals surface area (Å²) in [6.07, 6.45) is 1.34. The predicted octanol–water partition coefficient (Wildman–Crippen LogP) is 0.786. The molecular weight excluding hydrogens is 270 g/mol. The smallest absolute Gasteiger partial charge is 0.258 e. The summed E-state index contributed by atoms with van der Waals surface area (Å²) in [6, 6.07) is 3.24. The van der Waals surface area contributed by atoms with Crippen LogP contribution in [0.3, 0.4) is 0 Å². The Morgan fingerprint density at radius 2 is 2.10 bits per heavy atom. The lowest BCUT2D eigenvalue weighted by Crippen LogP contribution is -2.35. The SMILES string of the molecule is CCN(CC)C(=O)CNc1cc2nc[nH]c(=O)c2cc1N. The number of fused-ring (bicyclic) bond motifs is 1. The minimum atomic E-state index is -0.238. The van der Waals surface area contributed by atoms with Crippen LogP contribution < -0.4 is 16.6 Å². The molecule has 1 aromatic heterocycles. The van der Waals surface area contributed by atoms with Gasteiger partial charge in [-0.1, -0.05) is 0 Å². The summed E-state index contributed by atoms with van der Waals surface area (Å²) in [5, 5.41) is 3.43. The number of hydrogen-bond acceptors (Lipinski definition) is 5. The molecule has 0 unspecified atom stereocenters. The fraction of sp³-hybridized carbons (Fsp3) is 0.357. The average Bonchev–Trinajstić information content (AvgIpc) is 2.47. The second kappa shape index (κ2) is 6.25. The van der Waals surface area contributed by atoms with Crippen molar-refractivity contribution in [3.8, 4) is 0 Å². The molecule has 112 valence electrons. The van der Waals surface area contributed by atoms with Gasteiger partial charge in [0.15, 0.2) is 0 Å². The van der Waals surface area contributed by atoms with Crippen molar-refractivity contribution in [1.29, 1.82) is 0 Å². The quantitative estimate of drug-likeness (QED) is 0.706. The summed E-state index contributed by atoms with van der Waals surface area (Å²) in [4.78, 5) is 31.9. The van der Waals surface area contributed by atoms with Gasteiger partial charge < -0.3 is 20.9 Å². The van der Waals surface area contributed by atoms with Crippen molar-refractivity contribution in [3.63, 3.8) is 0 Å². The van der Waals surface area contributed by atoms with Crippen LogP contribution in [0.15, 0.2) is 23.3 Å². The zero-order valence-corrected chi connectivity index (χ0v) is 12.1. The van der Waals surface area contributed by atoms with E-state index in [1.165, 1.54) is 6.33 Å². The Morgan fingerprint density at radius 3 is 2.76 bits per heavy atom. The molecule has 2 aromatic rings. The number of aromatic nitrogens is 2. The minimum Gasteiger partial charge on any atom is -0.397 e. The molecule has 1 aromatic carbocycles. The normalized spacial score (nSPS) is 10.6. The van der Waals surface area contributed by atoms with Gasteiger partial charge in [0.1, 0.15) is 0 Å². The summed E-state index contributed by atoms with van der Waals surface area (Å²) in [5.41, 5.74) is 7.22. The molecule has 0 aliphatic heterocycles. The first kappa shape index (κ1) is 14.8. The fourth-order valence-corrected chi connectivity index (χ4v) is 2.14. The molecule has 0 radical (unpaired) electrons. The van der Waals surface area contributed by atoms with E-state index in [1.54, 1.807) is 17.0 Å². The third-order valence-electron chi connectivity index (χ3n) is 3.36. The zero-order chi connectivity index (χ0) is 15.4. The highest BCUT2D eigenvalue weighted by atomic mass is 16.2. The van der Waals surface area contributed by atoms with Gasteiger partial charge in [0.2, 0.25) is 5.91 Å². The van der Waals surface area contributed by atoms with E-state index < -0.39 is 0 Å². The summed E-state index contributed by atoms with van der Waals surface area (Å²) in [7, 11) is 0. The Hall–Kier alpha value is -2.57. The topological polar surface area (TPSA) is 104 Å². The molecule has 21 heavy (non-hydrogen) atoms. The molecule has 1 amide bonds. The Bertz CT molecular complexity index is 706. The maximum atomic E-state index is 12.0. The Kier molecular flexibility index (Phi) is 4.42. The van der Waals surface area contributed by atoms with Crippen LogP contribution in [0.4, 0.5) is 11.4 Å². The van der Waals surface area contributed by atoms with E-state index in [1.807, 2.05) is 13.8 Å². The highest BCUT2D eigenvalue weighted by molar-refractivity contribution is 5.89. The van der Waals surface area contributed by atoms with Crippen LogP contribution in [-0.4, -0.2) is 40.4 Å². The maximum absolute atomic E-state index is 12.0. The van der Waals surface area contributed by atoms with Gasteiger partial charge in [0.25, 0.3) is 5.56 Å². The van der Waals surface area contributed by atoms with Crippen molar-refractivity contribution >= 4 is 28.2 Å². The number of nitrogens with two attached hydrogens (primary N) is 1. The van der Waals surface area contributed by atoms with Gasteiger partial charge >= 0.3 is 0 Å². The highest BCUT2D eigenvalue weighted by Gasteiger charge is 2.11. The number of rotatable bonds is 5. The number of aromatic amines is 1. The van der Waals surface area contributed by atoms with Crippen LogP contribution in [0, 0.1) is 0 Å². The molecule has 0 bridgehead atoms. The Balaban J connectivity index is 2.21. The largest absolute Gasteiger partial charge is 0.397 e. The highest BCUT2D eigenvalue weighted by Crippen LogP contribution is 2.22. The molecule has 0 saturated carbocycles. The van der Waals surface area contributed by atoms with Gasteiger partial charge in [-0.05, 0) is 26.0 Å². The number of likely N-dealkylation sites (N-methyl/N-ethyl adjacent to an activating group) is 1. The lowest BCUT2D eigenvalue weighted by Gasteiger charge is -2.19. The van der Waals surface area contributed by atoms with Crippen molar-refractivity contribution in [3.05, 3.63) is 28.8 Å². The third-order valence-corrected chi connectivity index (χ3v) is 3.36. The predicted molar refractivity (Wildman–Crippen MR) is 83.2 cm³/mol. The molecule has 7 heteroatoms. The summed E-state index contributed by atoms with van der Waals surface area (Å²) < 4.78 is 0. The number of amides is 1. The van der Waals surface area contributed by atoms with Gasteiger partial charge in [-0.2, -0.15) is 0 Å². The first-order valence-corrected chi connectivity index (χ1v) is 6.85. The first-order chi connectivity index (χ1) is 10.1. The van der Waals surface area contributed by atoms with Crippen LogP contribution >= 0.6 is 0 Å². The number of carbonyl (C=O) groups is 1. The molecule has 0 aliphatic rings. The number of nitrogen functional groups attached to an aromatic ring is 1. The summed E-state index contributed by atoms with van der Waals surface area (Å²) in [6.45, 7) is 5.35. The molecule has 0 saturated heterocycles. The van der Waals surface area contributed by atoms with Gasteiger partial charge in [0.05, 0.1) is 35.1 Å². The van der Waals surface area contributed by atoms with Crippen molar-refractivity contribution < 1.29 is 4.79 Å². The summed E-state index contributed by atoms with van der Waals surface area (Å²) in [5.74, 6) is -0.00151. The molecule has 0 aliphatic carbocycles. The molecule has 0 spiro atoms. The molecule has 7 nitrogen and oxygen atoms in total. The number of H-pyrrole nitrogens is 1. The number of hydrogen-bond donors (Lipinski definition) is 3. The van der Waals surface area contributed by atoms with Gasteiger partial charge in [-0.15, -0.1) is 0 Å². The van der Waals surface area contributed by atoms with E-state index >= 15 is 0 Å². The second-order valence-electron chi connectivity index (χ2n) is 4.61. The lowest BCUT2D eigenvalue weighted by atomic mass is 10.2. The molecule has 0 fully saturated rings. The molecule has 0 atom stereocenters. The van der Waals surface area contributed by atoms with Crippen LogP contribution in [-0.2, 0) is 4.79 Å². The third kappa shape index (κ3) is 3.13. The van der Waals surface area contributed by atoms with Crippen molar-refractivity contribution in [2.45, 2.75) is 13.8 Å². The van der Waals surface area contributed by atoms with Crippen LogP contribution in [0.2, 0.25) is 0 Å². The van der Waals surface area contributed by atoms with Crippen molar-refractivity contribution in [1.82, 2.24) is 14.9 Å². The fourth-order valence-electron chi connectivity index (χ4n) is 2.14. The Labute approximate surface area is 122 Å². The first-order valence-electron chi connectivity index (χ1n) is 6.85. The number of nitrogens with zero attached hydrogens (tertiary/aromatic N) is 2. The van der Waals surface area contributed by atoms with E-state index in [-0.39, 0.29) is 18.0 Å². The van der Waals surface area contributed by atoms with Gasteiger partial charge in [-0.25, -0.2) is 4.98 Å². The van der Waals surface area contributed by atoms with Gasteiger partial charge in [-0.3, -0.25) is 9.59 Å². The minimum absolute atomic E-state index is 0.00151. The van der Waals surface area contributed by atoms with Crippen molar-refractivity contribution in [2.75, 3.05) is 30.7 Å². The molecule has 1 heterocycles. The van der Waals surface area contributed by atoms with Crippen LogP contribution in [0.25, 0.3) is 10.9 Å². The number of anilines is 2. The number of nitrogens with one attached hydrogen (secondary N) is 2. The second-order valence-corrected chi connectivity index (χ2v) is 4.61. The van der Waals surface area contributed by atoms with Crippen LogP contribution in [0.1, 0.15) is 13.8 Å². The lowest BCUT2D eigenvalue weighted by molar-refractivity contribution is -0.128. The Morgan fingerprint density at radius 1 is 1.38 bits per heavy atom. The molecule has 4 N–H and O–H groups in total. The van der Waals surface area contributed by atoms with E-state index in [0.717, 1.165) is 0 Å². The average molecular weight is 289 g/mol. The van der Waals surface area contributed by atoms with E-state index in [0.29, 0.717) is 35.4 Å². The standard InChI is InChI=1S/C14H19N5O2/c1-3-19(4-2)13(20)7-16-12-6-11-9(5-10(12)15)14(21)18-8-17-11/h5-6,8,16H,3-4,7,15H2,1-2H3,(H,17,18,21). The van der Waals surface area contributed by atoms with Crippen molar-refractivity contribution in [2.24, 2.45) is 0 Å². The van der Waals surface area contributed by atoms with Crippen LogP contribution in [0.5, 0.6) is 0 Å². The van der Waals surface area contributed by atoms with Gasteiger partial charge in [0, 0.05) is 13.1 Å². The number of benzene rings is 1.